The number of thioether (sulfide) groups is 1. The van der Waals surface area contributed by atoms with Crippen molar-refractivity contribution in [2.45, 2.75) is 61.5 Å². The molecule has 6 atom stereocenters. The summed E-state index contributed by atoms with van der Waals surface area (Å²) in [6.45, 7) is 15.3. The van der Waals surface area contributed by atoms with Gasteiger partial charge in [-0.2, -0.15) is 0 Å². The van der Waals surface area contributed by atoms with Crippen molar-refractivity contribution in [3.05, 3.63) is 25.3 Å². The van der Waals surface area contributed by atoms with E-state index in [0.29, 0.717) is 52.3 Å². The van der Waals surface area contributed by atoms with E-state index in [9.17, 15) is 19.5 Å². The van der Waals surface area contributed by atoms with Gasteiger partial charge in [0.2, 0.25) is 11.8 Å². The molecule has 4 saturated heterocycles. The molecule has 4 aliphatic rings. The number of aliphatic hydroxyl groups excluding tert-OH is 1. The van der Waals surface area contributed by atoms with E-state index >= 15 is 0 Å². The number of allylic oxidation sites excluding steroid dienone is 1. The molecule has 4 rings (SSSR count). The quantitative estimate of drug-likeness (QED) is 0.170. The maximum atomic E-state index is 14.5. The Balaban J connectivity index is 1.58. The molecule has 4 aliphatic heterocycles. The molecular weight excluding hydrogens is 530 g/mol. The second-order valence-corrected chi connectivity index (χ2v) is 13.0. The Kier molecular flexibility index (Phi) is 11.1. The van der Waals surface area contributed by atoms with Crippen molar-refractivity contribution < 1.29 is 29.0 Å². The van der Waals surface area contributed by atoms with E-state index in [0.717, 1.165) is 45.3 Å². The third kappa shape index (κ3) is 6.15. The molecule has 0 aromatic heterocycles. The van der Waals surface area contributed by atoms with Gasteiger partial charge in [0.05, 0.1) is 36.4 Å². The van der Waals surface area contributed by atoms with Crippen LogP contribution in [-0.4, -0.2) is 119 Å². The summed E-state index contributed by atoms with van der Waals surface area (Å²) in [5, 5.41) is 9.39. The minimum absolute atomic E-state index is 0.0271. The largest absolute Gasteiger partial charge is 0.465 e. The number of fused-ring (bicyclic) bond motifs is 1. The van der Waals surface area contributed by atoms with Gasteiger partial charge in [0.1, 0.15) is 6.04 Å². The van der Waals surface area contributed by atoms with Crippen molar-refractivity contribution in [3.63, 3.8) is 0 Å². The number of rotatable bonds is 16. The number of carbonyl (C=O) groups excluding carboxylic acids is 3. The molecule has 224 valence electrons. The van der Waals surface area contributed by atoms with Gasteiger partial charge in [0.15, 0.2) is 0 Å². The van der Waals surface area contributed by atoms with Gasteiger partial charge >= 0.3 is 5.97 Å². The minimum atomic E-state index is -0.664. The van der Waals surface area contributed by atoms with E-state index in [1.165, 1.54) is 0 Å². The lowest BCUT2D eigenvalue weighted by molar-refractivity contribution is -0.154. The molecule has 0 saturated carbocycles. The number of hydrogen-bond donors (Lipinski definition) is 1. The summed E-state index contributed by atoms with van der Waals surface area (Å²) < 4.78 is 10.5. The van der Waals surface area contributed by atoms with Crippen LogP contribution < -0.4 is 0 Å². The van der Waals surface area contributed by atoms with E-state index in [2.05, 4.69) is 25.0 Å². The van der Waals surface area contributed by atoms with Gasteiger partial charge in [-0.25, -0.2) is 0 Å². The summed E-state index contributed by atoms with van der Waals surface area (Å²) in [6.07, 6.45) is 8.08. The maximum absolute atomic E-state index is 14.5. The number of morpholine rings is 1. The Bertz CT molecular complexity index is 927. The number of ether oxygens (including phenoxy) is 2. The summed E-state index contributed by atoms with van der Waals surface area (Å²) in [5.74, 6) is -1.48. The van der Waals surface area contributed by atoms with Gasteiger partial charge in [-0.05, 0) is 44.4 Å². The molecule has 4 fully saturated rings. The summed E-state index contributed by atoms with van der Waals surface area (Å²) in [4.78, 5) is 47.9. The smallest absolute Gasteiger partial charge is 0.310 e. The summed E-state index contributed by atoms with van der Waals surface area (Å²) in [6, 6.07) is -0.649. The average Bonchev–Trinajstić information content (AvgIpc) is 3.55. The van der Waals surface area contributed by atoms with E-state index in [1.54, 1.807) is 22.7 Å². The third-order valence-corrected chi connectivity index (χ3v) is 11.1. The summed E-state index contributed by atoms with van der Waals surface area (Å²) in [5.41, 5.74) is 0. The zero-order valence-corrected chi connectivity index (χ0v) is 24.8. The van der Waals surface area contributed by atoms with Crippen LogP contribution in [0.15, 0.2) is 25.3 Å². The highest BCUT2D eigenvalue weighted by Gasteiger charge is 2.76. The Hall–Kier alpha value is -1.88. The van der Waals surface area contributed by atoms with Crippen LogP contribution in [0, 0.1) is 17.8 Å². The minimum Gasteiger partial charge on any atom is -0.465 e. The lowest BCUT2D eigenvalue weighted by atomic mass is 9.66. The number of carbonyl (C=O) groups is 3. The van der Waals surface area contributed by atoms with E-state index in [4.69, 9.17) is 9.47 Å². The van der Waals surface area contributed by atoms with E-state index < -0.39 is 22.6 Å². The molecule has 0 aliphatic carbocycles. The molecule has 0 aromatic rings. The van der Waals surface area contributed by atoms with Crippen LogP contribution >= 0.6 is 11.8 Å². The number of likely N-dealkylation sites (tertiary alicyclic amines) is 1. The van der Waals surface area contributed by atoms with Crippen LogP contribution in [0.1, 0.15) is 45.4 Å². The third-order valence-electron chi connectivity index (χ3n) is 9.06. The first kappa shape index (κ1) is 31.1. The second kappa shape index (κ2) is 14.3. The normalized spacial score (nSPS) is 31.3. The number of unbranched alkanes of at least 4 members (excludes halogenated alkanes) is 3. The standard InChI is InChI=1S/C30H47N3O6S/c1-4-6-7-10-18-39-29(37)24-23-21-22(3)30(40-23)25(24)27(35)33(12-8-9-17-34)26(30)28(36)32(11-5-2)14-13-31-15-19-38-20-16-31/h4-5,22-26,34H,1-2,6-21H2,3H3/t22?,23-,24+,25-,26?,30?/m0/s1. The summed E-state index contributed by atoms with van der Waals surface area (Å²) >= 11 is 1.68. The fraction of sp³-hybridized carbons (Fsp3) is 0.767. The molecule has 2 bridgehead atoms. The van der Waals surface area contributed by atoms with Gasteiger partial charge < -0.3 is 24.4 Å². The Morgan fingerprint density at radius 1 is 1.18 bits per heavy atom. The van der Waals surface area contributed by atoms with Gasteiger partial charge in [0.25, 0.3) is 0 Å². The number of amides is 2. The van der Waals surface area contributed by atoms with Gasteiger partial charge in [-0.15, -0.1) is 24.9 Å². The van der Waals surface area contributed by atoms with Crippen LogP contribution in [0.25, 0.3) is 0 Å². The molecule has 0 aromatic carbocycles. The van der Waals surface area contributed by atoms with Crippen LogP contribution in [0.3, 0.4) is 0 Å². The molecular formula is C30H47N3O6S. The van der Waals surface area contributed by atoms with Gasteiger partial charge in [-0.3, -0.25) is 19.3 Å². The molecule has 0 radical (unpaired) electrons. The molecule has 4 heterocycles. The molecule has 1 spiro atoms. The Morgan fingerprint density at radius 3 is 2.65 bits per heavy atom. The second-order valence-electron chi connectivity index (χ2n) is 11.5. The first-order chi connectivity index (χ1) is 19.4. The zero-order chi connectivity index (χ0) is 28.7. The zero-order valence-electron chi connectivity index (χ0n) is 24.0. The lowest BCUT2D eigenvalue weighted by Gasteiger charge is -2.41. The topological polar surface area (TPSA) is 99.6 Å². The monoisotopic (exact) mass is 577 g/mol. The highest BCUT2D eigenvalue weighted by atomic mass is 32.2. The summed E-state index contributed by atoms with van der Waals surface area (Å²) in [7, 11) is 0. The average molecular weight is 578 g/mol. The number of nitrogens with zero attached hydrogens (tertiary/aromatic N) is 3. The highest BCUT2D eigenvalue weighted by Crippen LogP contribution is 2.68. The Morgan fingerprint density at radius 2 is 1.95 bits per heavy atom. The predicted molar refractivity (Wildman–Crippen MR) is 156 cm³/mol. The van der Waals surface area contributed by atoms with Crippen LogP contribution in [0.5, 0.6) is 0 Å². The fourth-order valence-electron chi connectivity index (χ4n) is 7.07. The number of aliphatic hydroxyl groups is 1. The van der Waals surface area contributed by atoms with Crippen molar-refractivity contribution in [1.29, 1.82) is 0 Å². The van der Waals surface area contributed by atoms with Crippen molar-refractivity contribution in [2.24, 2.45) is 17.8 Å². The number of hydrogen-bond acceptors (Lipinski definition) is 8. The Labute approximate surface area is 243 Å². The molecule has 9 nitrogen and oxygen atoms in total. The number of esters is 1. The predicted octanol–water partition coefficient (Wildman–Crippen LogP) is 2.34. The molecule has 10 heteroatoms. The van der Waals surface area contributed by atoms with Crippen molar-refractivity contribution in [2.75, 3.05) is 65.7 Å². The van der Waals surface area contributed by atoms with Gasteiger partial charge in [0, 0.05) is 51.1 Å². The van der Waals surface area contributed by atoms with Crippen LogP contribution in [0.2, 0.25) is 0 Å². The SMILES string of the molecule is C=CCCCCOC(=O)[C@@H]1[C@@H]2CC(C)C3(S2)C(C(=O)N(CC=C)CCN2CCOCC2)N(CCCCO)C(=O)[C@H]13. The van der Waals surface area contributed by atoms with Crippen molar-refractivity contribution in [3.8, 4) is 0 Å². The van der Waals surface area contributed by atoms with Crippen LogP contribution in [-0.2, 0) is 23.9 Å². The first-order valence-electron chi connectivity index (χ1n) is 15.0. The highest BCUT2D eigenvalue weighted by molar-refractivity contribution is 8.02. The lowest BCUT2D eigenvalue weighted by Crippen LogP contribution is -2.58. The molecule has 40 heavy (non-hydrogen) atoms. The van der Waals surface area contributed by atoms with Crippen molar-refractivity contribution in [1.82, 2.24) is 14.7 Å². The molecule has 1 N–H and O–H groups in total. The maximum Gasteiger partial charge on any atom is 0.310 e. The van der Waals surface area contributed by atoms with Crippen molar-refractivity contribution >= 4 is 29.5 Å². The molecule has 2 amide bonds. The first-order valence-corrected chi connectivity index (χ1v) is 15.8. The van der Waals surface area contributed by atoms with Gasteiger partial charge in [-0.1, -0.05) is 19.1 Å². The fourth-order valence-corrected chi connectivity index (χ4v) is 9.47. The van der Waals surface area contributed by atoms with E-state index in [-0.39, 0.29) is 35.6 Å². The van der Waals surface area contributed by atoms with E-state index in [1.807, 2.05) is 11.0 Å². The molecule has 3 unspecified atom stereocenters. The van der Waals surface area contributed by atoms with Crippen LogP contribution in [0.4, 0.5) is 0 Å².